The predicted octanol–water partition coefficient (Wildman–Crippen LogP) is 2.72. The Morgan fingerprint density at radius 3 is 2.70 bits per heavy atom. The first-order valence-corrected chi connectivity index (χ1v) is 7.70. The smallest absolute Gasteiger partial charge is 0.231 e. The Morgan fingerprint density at radius 2 is 2.25 bits per heavy atom. The van der Waals surface area contributed by atoms with E-state index >= 15 is 0 Å². The molecule has 0 bridgehead atoms. The molecule has 1 aromatic heterocycles. The maximum absolute atomic E-state index is 12.4. The molecule has 5 nitrogen and oxygen atoms in total. The fourth-order valence-electron chi connectivity index (χ4n) is 2.17. The molecule has 1 rings (SSSR count). The molecule has 1 aromatic rings. The quantitative estimate of drug-likeness (QED) is 0.313. The van der Waals surface area contributed by atoms with Crippen LogP contribution in [0.3, 0.4) is 0 Å². The fourth-order valence-corrected chi connectivity index (χ4v) is 2.98. The van der Waals surface area contributed by atoms with Crippen LogP contribution >= 0.6 is 11.3 Å². The Morgan fingerprint density at radius 1 is 1.55 bits per heavy atom. The van der Waals surface area contributed by atoms with Crippen molar-refractivity contribution in [2.75, 3.05) is 0 Å². The lowest BCUT2D eigenvalue weighted by Crippen LogP contribution is -2.43. The Balaban J connectivity index is 2.84. The first kappa shape index (κ1) is 16.5. The maximum atomic E-state index is 12.4. The Labute approximate surface area is 123 Å². The molecule has 0 saturated heterocycles. The van der Waals surface area contributed by atoms with E-state index in [0.29, 0.717) is 0 Å². The highest BCUT2D eigenvalue weighted by molar-refractivity contribution is 7.10. The van der Waals surface area contributed by atoms with E-state index in [0.717, 1.165) is 17.7 Å². The van der Waals surface area contributed by atoms with Crippen molar-refractivity contribution in [3.63, 3.8) is 0 Å². The van der Waals surface area contributed by atoms with Gasteiger partial charge in [-0.3, -0.25) is 4.79 Å². The van der Waals surface area contributed by atoms with Gasteiger partial charge in [-0.05, 0) is 23.8 Å². The first-order chi connectivity index (χ1) is 9.51. The summed E-state index contributed by atoms with van der Waals surface area (Å²) < 4.78 is 0. The van der Waals surface area contributed by atoms with Crippen LogP contribution in [0.15, 0.2) is 22.7 Å². The van der Waals surface area contributed by atoms with Crippen LogP contribution < -0.4 is 11.1 Å². The Kier molecular flexibility index (Phi) is 6.51. The standard InChI is InChI=1S/C14H23N3O2S/c1-4-6-10(11-7-5-8-20-11)16-14(18)12(9(2)3)13(15)17-19/h5,7-10,12,19H,4,6H2,1-3H3,(H2,15,17)(H,16,18). The van der Waals surface area contributed by atoms with Crippen molar-refractivity contribution in [1.29, 1.82) is 0 Å². The molecular weight excluding hydrogens is 274 g/mol. The van der Waals surface area contributed by atoms with Crippen molar-refractivity contribution in [2.45, 2.75) is 39.7 Å². The molecule has 0 fully saturated rings. The number of nitrogens with two attached hydrogens (primary N) is 1. The topological polar surface area (TPSA) is 87.7 Å². The third-order valence-corrected chi connectivity index (χ3v) is 4.15. The van der Waals surface area contributed by atoms with Gasteiger partial charge in [-0.1, -0.05) is 38.4 Å². The van der Waals surface area contributed by atoms with Crippen molar-refractivity contribution in [2.24, 2.45) is 22.7 Å². The molecule has 0 saturated carbocycles. The van der Waals surface area contributed by atoms with Gasteiger partial charge in [0, 0.05) is 4.88 Å². The lowest BCUT2D eigenvalue weighted by Gasteiger charge is -2.23. The molecule has 0 aliphatic carbocycles. The van der Waals surface area contributed by atoms with Crippen LogP contribution in [-0.2, 0) is 4.79 Å². The highest BCUT2D eigenvalue weighted by Gasteiger charge is 2.28. The average Bonchev–Trinajstić information content (AvgIpc) is 2.91. The zero-order valence-electron chi connectivity index (χ0n) is 12.2. The molecule has 1 amide bonds. The van der Waals surface area contributed by atoms with E-state index in [9.17, 15) is 4.79 Å². The van der Waals surface area contributed by atoms with Gasteiger partial charge in [0.25, 0.3) is 0 Å². The summed E-state index contributed by atoms with van der Waals surface area (Å²) in [6.07, 6.45) is 1.84. The van der Waals surface area contributed by atoms with Gasteiger partial charge in [0.1, 0.15) is 5.92 Å². The third kappa shape index (κ3) is 4.23. The summed E-state index contributed by atoms with van der Waals surface area (Å²) in [7, 11) is 0. The number of hydrogen-bond acceptors (Lipinski definition) is 4. The second-order valence-electron chi connectivity index (χ2n) is 5.11. The Bertz CT molecular complexity index is 443. The van der Waals surface area contributed by atoms with Crippen molar-refractivity contribution in [3.8, 4) is 0 Å². The number of oxime groups is 1. The van der Waals surface area contributed by atoms with E-state index in [1.54, 1.807) is 11.3 Å². The summed E-state index contributed by atoms with van der Waals surface area (Å²) in [6, 6.07) is 3.97. The molecule has 2 atom stereocenters. The number of thiophene rings is 1. The van der Waals surface area contributed by atoms with Crippen molar-refractivity contribution in [3.05, 3.63) is 22.4 Å². The van der Waals surface area contributed by atoms with Gasteiger partial charge in [0.2, 0.25) is 5.91 Å². The van der Waals surface area contributed by atoms with Crippen LogP contribution in [0.2, 0.25) is 0 Å². The number of nitrogens with zero attached hydrogens (tertiary/aromatic N) is 1. The van der Waals surface area contributed by atoms with Gasteiger partial charge in [-0.2, -0.15) is 0 Å². The van der Waals surface area contributed by atoms with Crippen LogP contribution in [0.5, 0.6) is 0 Å². The molecule has 1 heterocycles. The summed E-state index contributed by atoms with van der Waals surface area (Å²) in [5.74, 6) is -0.878. The van der Waals surface area contributed by atoms with E-state index in [1.807, 2.05) is 31.4 Å². The van der Waals surface area contributed by atoms with E-state index < -0.39 is 5.92 Å². The summed E-state index contributed by atoms with van der Waals surface area (Å²) >= 11 is 1.62. The summed E-state index contributed by atoms with van der Waals surface area (Å²) in [5.41, 5.74) is 5.63. The number of rotatable bonds is 7. The second kappa shape index (κ2) is 7.89. The van der Waals surface area contributed by atoms with Crippen LogP contribution in [0.4, 0.5) is 0 Å². The third-order valence-electron chi connectivity index (χ3n) is 3.16. The lowest BCUT2D eigenvalue weighted by atomic mass is 9.93. The predicted molar refractivity (Wildman–Crippen MR) is 81.8 cm³/mol. The van der Waals surface area contributed by atoms with E-state index in [1.165, 1.54) is 0 Å². The maximum Gasteiger partial charge on any atom is 0.231 e. The molecule has 0 aromatic carbocycles. The summed E-state index contributed by atoms with van der Waals surface area (Å²) in [6.45, 7) is 5.83. The molecular formula is C14H23N3O2S. The zero-order valence-corrected chi connectivity index (χ0v) is 13.0. The van der Waals surface area contributed by atoms with Gasteiger partial charge in [-0.15, -0.1) is 11.3 Å². The van der Waals surface area contributed by atoms with Crippen molar-refractivity contribution in [1.82, 2.24) is 5.32 Å². The number of carbonyl (C=O) groups excluding carboxylic acids is 1. The van der Waals surface area contributed by atoms with E-state index in [4.69, 9.17) is 10.9 Å². The molecule has 0 aliphatic heterocycles. The van der Waals surface area contributed by atoms with Crippen LogP contribution in [0.25, 0.3) is 0 Å². The lowest BCUT2D eigenvalue weighted by molar-refractivity contribution is -0.124. The summed E-state index contributed by atoms with van der Waals surface area (Å²) in [4.78, 5) is 13.5. The number of carbonyl (C=O) groups is 1. The van der Waals surface area contributed by atoms with Crippen LogP contribution in [0, 0.1) is 11.8 Å². The van der Waals surface area contributed by atoms with Crippen LogP contribution in [0.1, 0.15) is 44.5 Å². The monoisotopic (exact) mass is 297 g/mol. The molecule has 0 spiro atoms. The number of amidine groups is 1. The van der Waals surface area contributed by atoms with Gasteiger partial charge in [0.15, 0.2) is 5.84 Å². The molecule has 112 valence electrons. The molecule has 0 aliphatic rings. The van der Waals surface area contributed by atoms with E-state index in [-0.39, 0.29) is 23.7 Å². The van der Waals surface area contributed by atoms with E-state index in [2.05, 4.69) is 17.4 Å². The zero-order chi connectivity index (χ0) is 15.1. The molecule has 6 heteroatoms. The summed E-state index contributed by atoms with van der Waals surface area (Å²) in [5, 5.41) is 16.8. The van der Waals surface area contributed by atoms with Gasteiger partial charge >= 0.3 is 0 Å². The highest BCUT2D eigenvalue weighted by Crippen LogP contribution is 2.24. The minimum absolute atomic E-state index is 0.0137. The van der Waals surface area contributed by atoms with Gasteiger partial charge in [0.05, 0.1) is 6.04 Å². The average molecular weight is 297 g/mol. The largest absolute Gasteiger partial charge is 0.409 e. The number of nitrogens with one attached hydrogen (secondary N) is 1. The van der Waals surface area contributed by atoms with Crippen molar-refractivity contribution < 1.29 is 10.0 Å². The van der Waals surface area contributed by atoms with Gasteiger partial charge < -0.3 is 16.3 Å². The van der Waals surface area contributed by atoms with Crippen LogP contribution in [-0.4, -0.2) is 17.0 Å². The Hall–Kier alpha value is -1.56. The number of hydrogen-bond donors (Lipinski definition) is 3. The highest BCUT2D eigenvalue weighted by atomic mass is 32.1. The minimum atomic E-state index is -0.612. The molecule has 20 heavy (non-hydrogen) atoms. The first-order valence-electron chi connectivity index (χ1n) is 6.82. The molecule has 4 N–H and O–H groups in total. The second-order valence-corrected chi connectivity index (χ2v) is 6.09. The molecule has 2 unspecified atom stereocenters. The van der Waals surface area contributed by atoms with Gasteiger partial charge in [-0.25, -0.2) is 0 Å². The number of amides is 1. The van der Waals surface area contributed by atoms with Crippen molar-refractivity contribution >= 4 is 23.1 Å². The molecule has 0 radical (unpaired) electrons. The minimum Gasteiger partial charge on any atom is -0.409 e. The fraction of sp³-hybridized carbons (Fsp3) is 0.571. The normalized spacial score (nSPS) is 15.1. The SMILES string of the molecule is CCCC(NC(=O)C(C(N)=NO)C(C)C)c1cccs1.